The second-order valence-electron chi connectivity index (χ2n) is 7.46. The van der Waals surface area contributed by atoms with E-state index >= 15 is 0 Å². The molecule has 2 aromatic carbocycles. The molecule has 0 N–H and O–H groups in total. The van der Waals surface area contributed by atoms with Gasteiger partial charge in [-0.15, -0.1) is 0 Å². The lowest BCUT2D eigenvalue weighted by Gasteiger charge is -2.39. The van der Waals surface area contributed by atoms with E-state index in [9.17, 15) is 4.79 Å². The monoisotopic (exact) mass is 426 g/mol. The number of halogens is 1. The van der Waals surface area contributed by atoms with Gasteiger partial charge in [-0.1, -0.05) is 47.5 Å². The molecule has 1 saturated heterocycles. The zero-order valence-corrected chi connectivity index (χ0v) is 18.1. The van der Waals surface area contributed by atoms with Gasteiger partial charge in [-0.3, -0.25) is 4.79 Å². The summed E-state index contributed by atoms with van der Waals surface area (Å²) in [7, 11) is 0. The molecule has 1 unspecified atom stereocenters. The molecular formula is C22H23ClN4OS. The summed E-state index contributed by atoms with van der Waals surface area (Å²) in [5, 5.41) is 1.51. The average molecular weight is 427 g/mol. The summed E-state index contributed by atoms with van der Waals surface area (Å²) in [6.45, 7) is 6.30. The summed E-state index contributed by atoms with van der Waals surface area (Å²) in [6.07, 6.45) is 0.736. The van der Waals surface area contributed by atoms with E-state index in [0.717, 1.165) is 30.5 Å². The van der Waals surface area contributed by atoms with Crippen molar-refractivity contribution in [3.63, 3.8) is 0 Å². The maximum Gasteiger partial charge on any atom is 0.254 e. The second-order valence-corrected chi connectivity index (χ2v) is 8.63. The quantitative estimate of drug-likeness (QED) is 0.618. The summed E-state index contributed by atoms with van der Waals surface area (Å²) in [6, 6.07) is 15.7. The van der Waals surface area contributed by atoms with Crippen LogP contribution < -0.4 is 4.90 Å². The Hall–Kier alpha value is -2.44. The first kappa shape index (κ1) is 19.9. The first-order chi connectivity index (χ1) is 14.0. The number of amides is 1. The zero-order chi connectivity index (χ0) is 20.4. The number of rotatable bonds is 4. The lowest BCUT2D eigenvalue weighted by Crippen LogP contribution is -2.54. The van der Waals surface area contributed by atoms with Crippen molar-refractivity contribution in [3.05, 3.63) is 76.1 Å². The summed E-state index contributed by atoms with van der Waals surface area (Å²) in [5.41, 5.74) is 3.10. The highest BCUT2D eigenvalue weighted by molar-refractivity contribution is 7.09. The predicted molar refractivity (Wildman–Crippen MR) is 118 cm³/mol. The Kier molecular flexibility index (Phi) is 5.83. The number of hydrogen-bond acceptors (Lipinski definition) is 5. The van der Waals surface area contributed by atoms with E-state index < -0.39 is 0 Å². The zero-order valence-electron chi connectivity index (χ0n) is 16.5. The highest BCUT2D eigenvalue weighted by atomic mass is 35.5. The van der Waals surface area contributed by atoms with E-state index in [1.807, 2.05) is 17.0 Å². The second kappa shape index (κ2) is 8.51. The Morgan fingerprint density at radius 1 is 1.21 bits per heavy atom. The summed E-state index contributed by atoms with van der Waals surface area (Å²) >= 11 is 7.48. The van der Waals surface area contributed by atoms with E-state index in [4.69, 9.17) is 16.6 Å². The molecule has 4 rings (SSSR count). The van der Waals surface area contributed by atoms with Crippen LogP contribution in [0.4, 0.5) is 5.13 Å². The summed E-state index contributed by atoms with van der Waals surface area (Å²) < 4.78 is 4.54. The largest absolute Gasteiger partial charge is 0.343 e. The van der Waals surface area contributed by atoms with Gasteiger partial charge < -0.3 is 9.80 Å². The fourth-order valence-corrected chi connectivity index (χ4v) is 4.46. The molecule has 0 aliphatic carbocycles. The van der Waals surface area contributed by atoms with Crippen LogP contribution in [0.25, 0.3) is 0 Å². The van der Waals surface area contributed by atoms with Crippen LogP contribution in [0.2, 0.25) is 5.02 Å². The van der Waals surface area contributed by atoms with Gasteiger partial charge in [0.15, 0.2) is 0 Å². The fourth-order valence-electron chi connectivity index (χ4n) is 3.55. The van der Waals surface area contributed by atoms with Crippen molar-refractivity contribution in [3.8, 4) is 0 Å². The van der Waals surface area contributed by atoms with Gasteiger partial charge in [0.1, 0.15) is 5.82 Å². The summed E-state index contributed by atoms with van der Waals surface area (Å²) in [4.78, 5) is 21.7. The third-order valence-corrected chi connectivity index (χ3v) is 6.22. The van der Waals surface area contributed by atoms with Gasteiger partial charge in [-0.2, -0.15) is 4.37 Å². The standard InChI is InChI=1S/C22H23ClN4OS/c1-15-6-8-17(9-7-15)12-20-24-22(29-25-20)26-10-11-27(16(2)14-26)21(28)18-4-3-5-19(23)13-18/h3-9,13,16H,10-12,14H2,1-2H3. The van der Waals surface area contributed by atoms with Crippen LogP contribution in [0.15, 0.2) is 48.5 Å². The Bertz CT molecular complexity index is 1000. The molecule has 1 fully saturated rings. The minimum atomic E-state index is 0.0250. The van der Waals surface area contributed by atoms with Gasteiger partial charge >= 0.3 is 0 Å². The molecule has 1 aliphatic rings. The van der Waals surface area contributed by atoms with Crippen molar-refractivity contribution in [1.82, 2.24) is 14.3 Å². The predicted octanol–water partition coefficient (Wildman–Crippen LogP) is 4.44. The molecule has 3 aromatic rings. The van der Waals surface area contributed by atoms with Crippen LogP contribution in [0.5, 0.6) is 0 Å². The molecule has 2 heterocycles. The first-order valence-corrected chi connectivity index (χ1v) is 10.8. The molecule has 0 spiro atoms. The molecule has 29 heavy (non-hydrogen) atoms. The minimum Gasteiger partial charge on any atom is -0.343 e. The number of benzene rings is 2. The van der Waals surface area contributed by atoms with Crippen molar-refractivity contribution >= 4 is 34.2 Å². The van der Waals surface area contributed by atoms with Crippen LogP contribution in [0.3, 0.4) is 0 Å². The first-order valence-electron chi connectivity index (χ1n) is 9.69. The number of carbonyl (C=O) groups is 1. The molecular weight excluding hydrogens is 404 g/mol. The van der Waals surface area contributed by atoms with Gasteiger partial charge in [0, 0.05) is 54.2 Å². The molecule has 7 heteroatoms. The third kappa shape index (κ3) is 4.60. The van der Waals surface area contributed by atoms with Crippen LogP contribution in [-0.4, -0.2) is 45.8 Å². The molecule has 150 valence electrons. The maximum atomic E-state index is 12.9. The number of carbonyl (C=O) groups excluding carboxylic acids is 1. The number of aromatic nitrogens is 2. The van der Waals surface area contributed by atoms with Crippen LogP contribution in [0.1, 0.15) is 34.2 Å². The maximum absolute atomic E-state index is 12.9. The molecule has 0 saturated carbocycles. The Morgan fingerprint density at radius 2 is 2.00 bits per heavy atom. The molecule has 0 radical (unpaired) electrons. The fraction of sp³-hybridized carbons (Fsp3) is 0.318. The average Bonchev–Trinajstić information content (AvgIpc) is 3.18. The Balaban J connectivity index is 1.40. The Labute approximate surface area is 180 Å². The number of anilines is 1. The van der Waals surface area contributed by atoms with E-state index in [0.29, 0.717) is 17.1 Å². The normalized spacial score (nSPS) is 16.9. The number of piperazine rings is 1. The lowest BCUT2D eigenvalue weighted by atomic mass is 10.1. The highest BCUT2D eigenvalue weighted by Crippen LogP contribution is 2.24. The minimum absolute atomic E-state index is 0.0250. The van der Waals surface area contributed by atoms with Gasteiger partial charge in [-0.05, 0) is 37.6 Å². The van der Waals surface area contributed by atoms with Crippen molar-refractivity contribution in [1.29, 1.82) is 0 Å². The van der Waals surface area contributed by atoms with Crippen LogP contribution in [0, 0.1) is 6.92 Å². The van der Waals surface area contributed by atoms with Crippen molar-refractivity contribution in [2.24, 2.45) is 0 Å². The van der Waals surface area contributed by atoms with Gasteiger partial charge in [0.2, 0.25) is 5.13 Å². The van der Waals surface area contributed by atoms with Gasteiger partial charge in [-0.25, -0.2) is 4.98 Å². The van der Waals surface area contributed by atoms with Crippen molar-refractivity contribution in [2.75, 3.05) is 24.5 Å². The van der Waals surface area contributed by atoms with Crippen LogP contribution in [-0.2, 0) is 6.42 Å². The third-order valence-electron chi connectivity index (χ3n) is 5.17. The smallest absolute Gasteiger partial charge is 0.254 e. The van der Waals surface area contributed by atoms with E-state index in [2.05, 4.69) is 47.4 Å². The molecule has 0 bridgehead atoms. The van der Waals surface area contributed by atoms with Crippen molar-refractivity contribution < 1.29 is 4.79 Å². The molecule has 1 aliphatic heterocycles. The summed E-state index contributed by atoms with van der Waals surface area (Å²) in [5.74, 6) is 0.871. The highest BCUT2D eigenvalue weighted by Gasteiger charge is 2.29. The molecule has 1 atom stereocenters. The lowest BCUT2D eigenvalue weighted by molar-refractivity contribution is 0.0674. The topological polar surface area (TPSA) is 49.3 Å². The van der Waals surface area contributed by atoms with E-state index in [1.165, 1.54) is 22.7 Å². The number of hydrogen-bond donors (Lipinski definition) is 0. The molecule has 1 aromatic heterocycles. The number of aryl methyl sites for hydroxylation is 1. The van der Waals surface area contributed by atoms with E-state index in [-0.39, 0.29) is 11.9 Å². The SMILES string of the molecule is Cc1ccc(Cc2nsc(N3CCN(C(=O)c4cccc(Cl)c4)C(C)C3)n2)cc1. The molecule has 5 nitrogen and oxygen atoms in total. The van der Waals surface area contributed by atoms with Crippen LogP contribution >= 0.6 is 23.1 Å². The van der Waals surface area contributed by atoms with Gasteiger partial charge in [0.05, 0.1) is 0 Å². The number of nitrogens with zero attached hydrogens (tertiary/aromatic N) is 4. The van der Waals surface area contributed by atoms with Gasteiger partial charge in [0.25, 0.3) is 5.91 Å². The molecule has 1 amide bonds. The van der Waals surface area contributed by atoms with E-state index in [1.54, 1.807) is 12.1 Å². The Morgan fingerprint density at radius 3 is 2.72 bits per heavy atom. The van der Waals surface area contributed by atoms with Crippen molar-refractivity contribution in [2.45, 2.75) is 26.3 Å².